The first-order chi connectivity index (χ1) is 14.7. The van der Waals surface area contributed by atoms with E-state index in [4.69, 9.17) is 16.3 Å². The predicted octanol–water partition coefficient (Wildman–Crippen LogP) is 2.74. The molecule has 2 aromatic rings. The number of ether oxygens (including phenoxy) is 1. The monoisotopic (exact) mass is 483 g/mol. The van der Waals surface area contributed by atoms with Crippen LogP contribution in [0.3, 0.4) is 0 Å². The van der Waals surface area contributed by atoms with Crippen LogP contribution in [0.5, 0.6) is 0 Å². The average molecular weight is 484 g/mol. The van der Waals surface area contributed by atoms with E-state index in [9.17, 15) is 18.0 Å². The lowest BCUT2D eigenvalue weighted by Gasteiger charge is -2.30. The summed E-state index contributed by atoms with van der Waals surface area (Å²) in [5.41, 5.74) is 2.01. The number of carbonyl (C=O) groups is 2. The zero-order chi connectivity index (χ0) is 22.2. The first-order valence-electron chi connectivity index (χ1n) is 9.81. The third-order valence-corrected chi connectivity index (χ3v) is 8.01. The number of anilines is 2. The molecule has 1 aliphatic heterocycles. The molecule has 2 amide bonds. The fourth-order valence-corrected chi connectivity index (χ4v) is 5.97. The maximum Gasteiger partial charge on any atom is 0.258 e. The van der Waals surface area contributed by atoms with Gasteiger partial charge in [-0.3, -0.25) is 9.59 Å². The minimum Gasteiger partial charge on any atom is -0.366 e. The first-order valence-corrected chi connectivity index (χ1v) is 12.9. The Balaban J connectivity index is 1.54. The molecule has 0 bridgehead atoms. The van der Waals surface area contributed by atoms with Crippen LogP contribution in [0.4, 0.5) is 10.7 Å². The molecule has 0 saturated carbocycles. The molecule has 1 aromatic carbocycles. The number of carbonyl (C=O) groups excluding carboxylic acids is 2. The minimum atomic E-state index is -3.42. The molecule has 4 rings (SSSR count). The van der Waals surface area contributed by atoms with E-state index in [-0.39, 0.29) is 25.6 Å². The molecule has 8 nitrogen and oxygen atoms in total. The lowest BCUT2D eigenvalue weighted by Crippen LogP contribution is -2.49. The van der Waals surface area contributed by atoms with E-state index in [2.05, 4.69) is 10.6 Å². The molecule has 1 saturated heterocycles. The van der Waals surface area contributed by atoms with Crippen molar-refractivity contribution in [1.29, 1.82) is 0 Å². The number of hydrogen-bond acceptors (Lipinski definition) is 6. The van der Waals surface area contributed by atoms with Gasteiger partial charge < -0.3 is 15.4 Å². The van der Waals surface area contributed by atoms with Crippen molar-refractivity contribution in [2.24, 2.45) is 0 Å². The van der Waals surface area contributed by atoms with Crippen molar-refractivity contribution in [2.75, 3.05) is 36.6 Å². The topological polar surface area (TPSA) is 105 Å². The van der Waals surface area contributed by atoms with Crippen LogP contribution in [0, 0.1) is 0 Å². The van der Waals surface area contributed by atoms with Gasteiger partial charge in [-0.15, -0.1) is 11.3 Å². The maximum atomic E-state index is 13.1. The minimum absolute atomic E-state index is 0.0535. The Morgan fingerprint density at radius 3 is 2.65 bits per heavy atom. The second-order valence-corrected chi connectivity index (χ2v) is 11.0. The van der Waals surface area contributed by atoms with Crippen molar-refractivity contribution in [3.8, 4) is 0 Å². The van der Waals surface area contributed by atoms with Gasteiger partial charge in [0.15, 0.2) is 0 Å². The molecule has 0 spiro atoms. The van der Waals surface area contributed by atoms with Gasteiger partial charge in [0.05, 0.1) is 18.4 Å². The Bertz CT molecular complexity index is 1110. The third-order valence-electron chi connectivity index (χ3n) is 5.28. The summed E-state index contributed by atoms with van der Waals surface area (Å²) in [6.07, 6.45) is 2.76. The summed E-state index contributed by atoms with van der Waals surface area (Å²) in [4.78, 5) is 27.0. The van der Waals surface area contributed by atoms with Gasteiger partial charge in [0.2, 0.25) is 10.0 Å². The van der Waals surface area contributed by atoms with Crippen LogP contribution in [-0.4, -0.2) is 56.6 Å². The number of hydrogen-bond donors (Lipinski definition) is 2. The van der Waals surface area contributed by atoms with Gasteiger partial charge in [0.25, 0.3) is 11.8 Å². The molecule has 11 heteroatoms. The second-order valence-electron chi connectivity index (χ2n) is 7.49. The number of amides is 2. The summed E-state index contributed by atoms with van der Waals surface area (Å²) in [6, 6.07) is 6.79. The van der Waals surface area contributed by atoms with Gasteiger partial charge in [0.1, 0.15) is 11.1 Å². The van der Waals surface area contributed by atoms with Gasteiger partial charge in [-0.05, 0) is 49.1 Å². The largest absolute Gasteiger partial charge is 0.366 e. The lowest BCUT2D eigenvalue weighted by molar-refractivity contribution is -0.130. The molecule has 31 heavy (non-hydrogen) atoms. The summed E-state index contributed by atoms with van der Waals surface area (Å²) >= 11 is 7.30. The summed E-state index contributed by atoms with van der Waals surface area (Å²) in [6.45, 7) is 0.294. The number of morpholine rings is 1. The number of thiophene rings is 1. The Morgan fingerprint density at radius 2 is 1.94 bits per heavy atom. The van der Waals surface area contributed by atoms with Crippen LogP contribution >= 0.6 is 22.9 Å². The van der Waals surface area contributed by atoms with Gasteiger partial charge in [-0.2, -0.15) is 4.31 Å². The average Bonchev–Trinajstić information content (AvgIpc) is 3.30. The van der Waals surface area contributed by atoms with E-state index in [1.54, 1.807) is 24.3 Å². The smallest absolute Gasteiger partial charge is 0.258 e. The number of fused-ring (bicyclic) bond motifs is 1. The fraction of sp³-hybridized carbons (Fsp3) is 0.400. The number of rotatable bonds is 5. The molecular weight excluding hydrogens is 462 g/mol. The quantitative estimate of drug-likeness (QED) is 0.680. The van der Waals surface area contributed by atoms with E-state index in [1.807, 2.05) is 0 Å². The number of aryl methyl sites for hydroxylation is 1. The van der Waals surface area contributed by atoms with Gasteiger partial charge in [0, 0.05) is 28.7 Å². The van der Waals surface area contributed by atoms with Crippen molar-refractivity contribution in [2.45, 2.75) is 25.4 Å². The van der Waals surface area contributed by atoms with Crippen LogP contribution in [0.2, 0.25) is 5.02 Å². The summed E-state index contributed by atoms with van der Waals surface area (Å²) in [7, 11) is -3.42. The zero-order valence-electron chi connectivity index (χ0n) is 16.8. The highest BCUT2D eigenvalue weighted by Gasteiger charge is 2.33. The molecule has 166 valence electrons. The standard InChI is InChI=1S/C20H22ClN3O5S2/c1-31(27,28)24-9-10-29-15(11-24)18(25)23-20-17(14-3-2-4-16(14)30-20)19(26)22-13-7-5-12(21)6-8-13/h5-8,15H,2-4,9-11H2,1H3,(H,22,26)(H,23,25). The predicted molar refractivity (Wildman–Crippen MR) is 121 cm³/mol. The number of benzene rings is 1. The molecule has 1 aliphatic carbocycles. The van der Waals surface area contributed by atoms with Gasteiger partial charge in [-0.1, -0.05) is 11.6 Å². The van der Waals surface area contributed by atoms with E-state index in [0.29, 0.717) is 21.3 Å². The van der Waals surface area contributed by atoms with Crippen LogP contribution in [0.15, 0.2) is 24.3 Å². The van der Waals surface area contributed by atoms with Crippen LogP contribution in [0.1, 0.15) is 27.2 Å². The normalized spacial score (nSPS) is 19.1. The highest BCUT2D eigenvalue weighted by molar-refractivity contribution is 7.88. The van der Waals surface area contributed by atoms with Crippen molar-refractivity contribution < 1.29 is 22.7 Å². The Hall–Kier alpha value is -1.98. The van der Waals surface area contributed by atoms with Gasteiger partial charge >= 0.3 is 0 Å². The molecule has 1 aromatic heterocycles. The summed E-state index contributed by atoms with van der Waals surface area (Å²) in [5.74, 6) is -0.770. The van der Waals surface area contributed by atoms with Crippen molar-refractivity contribution in [1.82, 2.24) is 4.31 Å². The molecule has 2 heterocycles. The number of sulfonamides is 1. The maximum absolute atomic E-state index is 13.1. The zero-order valence-corrected chi connectivity index (χ0v) is 19.2. The highest BCUT2D eigenvalue weighted by Crippen LogP contribution is 2.39. The highest BCUT2D eigenvalue weighted by atomic mass is 35.5. The molecular formula is C20H22ClN3O5S2. The molecule has 2 aliphatic rings. The van der Waals surface area contributed by atoms with E-state index >= 15 is 0 Å². The van der Waals surface area contributed by atoms with E-state index < -0.39 is 22.0 Å². The van der Waals surface area contributed by atoms with Gasteiger partial charge in [-0.25, -0.2) is 8.42 Å². The van der Waals surface area contributed by atoms with E-state index in [0.717, 1.165) is 36.0 Å². The second kappa shape index (κ2) is 8.87. The number of nitrogens with zero attached hydrogens (tertiary/aromatic N) is 1. The molecule has 1 fully saturated rings. The van der Waals surface area contributed by atoms with Crippen molar-refractivity contribution >= 4 is 55.5 Å². The van der Waals surface area contributed by atoms with Crippen LogP contribution in [0.25, 0.3) is 0 Å². The Kier molecular flexibility index (Phi) is 6.36. The number of halogens is 1. The third kappa shape index (κ3) is 4.93. The van der Waals surface area contributed by atoms with Crippen LogP contribution in [-0.2, 0) is 32.4 Å². The fourth-order valence-electron chi connectivity index (χ4n) is 3.74. The molecule has 0 radical (unpaired) electrons. The Labute approximate surface area is 189 Å². The van der Waals surface area contributed by atoms with Crippen molar-refractivity contribution in [3.05, 3.63) is 45.3 Å². The molecule has 1 atom stereocenters. The number of nitrogens with one attached hydrogen (secondary N) is 2. The molecule has 1 unspecified atom stereocenters. The lowest BCUT2D eigenvalue weighted by atomic mass is 10.1. The Morgan fingerprint density at radius 1 is 1.19 bits per heavy atom. The van der Waals surface area contributed by atoms with E-state index in [1.165, 1.54) is 15.6 Å². The SMILES string of the molecule is CS(=O)(=O)N1CCOC(C(=O)Nc2sc3c(c2C(=O)Nc2ccc(Cl)cc2)CCC3)C1. The first kappa shape index (κ1) is 22.2. The van der Waals surface area contributed by atoms with Crippen molar-refractivity contribution in [3.63, 3.8) is 0 Å². The summed E-state index contributed by atoms with van der Waals surface area (Å²) < 4.78 is 30.4. The van der Waals surface area contributed by atoms with Crippen LogP contribution < -0.4 is 10.6 Å². The molecule has 2 N–H and O–H groups in total. The summed E-state index contributed by atoms with van der Waals surface area (Å²) in [5, 5.41) is 6.70.